The summed E-state index contributed by atoms with van der Waals surface area (Å²) >= 11 is 5.64. The van der Waals surface area contributed by atoms with Crippen molar-refractivity contribution in [3.8, 4) is 5.69 Å². The Morgan fingerprint density at radius 2 is 2.28 bits per heavy atom. The fourth-order valence-electron chi connectivity index (χ4n) is 1.43. The molecule has 1 aromatic carbocycles. The Labute approximate surface area is 107 Å². The van der Waals surface area contributed by atoms with Crippen molar-refractivity contribution in [1.29, 1.82) is 0 Å². The summed E-state index contributed by atoms with van der Waals surface area (Å²) in [6.07, 6.45) is 1.71. The smallest absolute Gasteiger partial charge is 0.303 e. The van der Waals surface area contributed by atoms with Crippen LogP contribution in [-0.4, -0.2) is 26.1 Å². The average Bonchev–Trinajstić information content (AvgIpc) is 2.75. The fraction of sp³-hybridized carbons (Fsp3) is 0.182. The molecule has 0 amide bonds. The molecule has 5 nitrogen and oxygen atoms in total. The highest BCUT2D eigenvalue weighted by atomic mass is 35.5. The van der Waals surface area contributed by atoms with Gasteiger partial charge in [-0.15, -0.1) is 5.10 Å². The molecule has 0 fully saturated rings. The normalized spacial score (nSPS) is 10.6. The Kier molecular flexibility index (Phi) is 3.57. The maximum Gasteiger partial charge on any atom is 0.303 e. The van der Waals surface area contributed by atoms with Crippen LogP contribution < -0.4 is 0 Å². The van der Waals surface area contributed by atoms with Crippen LogP contribution in [0.5, 0.6) is 0 Å². The number of carbonyl (C=O) groups is 1. The average molecular weight is 270 g/mol. The molecule has 0 aliphatic rings. The van der Waals surface area contributed by atoms with Crippen molar-refractivity contribution >= 4 is 17.6 Å². The van der Waals surface area contributed by atoms with Gasteiger partial charge in [0.15, 0.2) is 0 Å². The second-order valence-corrected chi connectivity index (χ2v) is 4.08. The molecule has 1 aromatic heterocycles. The summed E-state index contributed by atoms with van der Waals surface area (Å²) in [5.41, 5.74) is 0.709. The molecule has 94 valence electrons. The van der Waals surface area contributed by atoms with Crippen molar-refractivity contribution in [3.05, 3.63) is 40.9 Å². The van der Waals surface area contributed by atoms with Gasteiger partial charge >= 0.3 is 5.97 Å². The highest BCUT2D eigenvalue weighted by Gasteiger charge is 2.09. The lowest BCUT2D eigenvalue weighted by Gasteiger charge is -2.01. The molecule has 1 heterocycles. The molecule has 0 spiro atoms. The van der Waals surface area contributed by atoms with E-state index in [1.54, 1.807) is 6.07 Å². The SMILES string of the molecule is O=C(O)CCc1cn(-c2ccc(Cl)cc2F)nn1. The topological polar surface area (TPSA) is 68.0 Å². The van der Waals surface area contributed by atoms with Crippen LogP contribution in [0, 0.1) is 5.82 Å². The van der Waals surface area contributed by atoms with E-state index in [2.05, 4.69) is 10.3 Å². The number of aromatic nitrogens is 3. The van der Waals surface area contributed by atoms with E-state index in [0.29, 0.717) is 10.7 Å². The van der Waals surface area contributed by atoms with E-state index in [4.69, 9.17) is 16.7 Å². The first-order valence-electron chi connectivity index (χ1n) is 5.14. The van der Waals surface area contributed by atoms with Gasteiger partial charge in [0.05, 0.1) is 18.3 Å². The Bertz CT molecular complexity index is 585. The molecule has 0 saturated heterocycles. The van der Waals surface area contributed by atoms with Crippen LogP contribution >= 0.6 is 11.6 Å². The number of halogens is 2. The number of hydrogen-bond acceptors (Lipinski definition) is 3. The van der Waals surface area contributed by atoms with E-state index in [0.717, 1.165) is 0 Å². The van der Waals surface area contributed by atoms with Crippen molar-refractivity contribution in [3.63, 3.8) is 0 Å². The Balaban J connectivity index is 2.21. The van der Waals surface area contributed by atoms with Crippen LogP contribution in [0.25, 0.3) is 5.69 Å². The quantitative estimate of drug-likeness (QED) is 0.923. The number of benzene rings is 1. The lowest BCUT2D eigenvalue weighted by molar-refractivity contribution is -0.136. The molecule has 0 aliphatic carbocycles. The minimum atomic E-state index is -0.915. The molecule has 18 heavy (non-hydrogen) atoms. The van der Waals surface area contributed by atoms with E-state index >= 15 is 0 Å². The first-order chi connectivity index (χ1) is 8.56. The largest absolute Gasteiger partial charge is 0.481 e. The molecule has 2 rings (SSSR count). The van der Waals surface area contributed by atoms with Crippen LogP contribution in [0.3, 0.4) is 0 Å². The summed E-state index contributed by atoms with van der Waals surface area (Å²) in [5.74, 6) is -1.43. The number of nitrogens with zero attached hydrogens (tertiary/aromatic N) is 3. The Hall–Kier alpha value is -1.95. The first kappa shape index (κ1) is 12.5. The lowest BCUT2D eigenvalue weighted by atomic mass is 10.2. The number of aryl methyl sites for hydroxylation is 1. The molecule has 0 bridgehead atoms. The van der Waals surface area contributed by atoms with Crippen LogP contribution in [0.2, 0.25) is 5.02 Å². The van der Waals surface area contributed by atoms with E-state index in [1.165, 1.54) is 23.0 Å². The van der Waals surface area contributed by atoms with Gasteiger partial charge in [0.25, 0.3) is 0 Å². The minimum Gasteiger partial charge on any atom is -0.481 e. The van der Waals surface area contributed by atoms with Gasteiger partial charge in [0.2, 0.25) is 0 Å². The van der Waals surface area contributed by atoms with Crippen molar-refractivity contribution in [2.45, 2.75) is 12.8 Å². The third kappa shape index (κ3) is 2.84. The molecule has 0 saturated carbocycles. The standard InChI is InChI=1S/C11H9ClFN3O2/c12-7-1-3-10(9(13)5-7)16-6-8(14-15-16)2-4-11(17)18/h1,3,5-6H,2,4H2,(H,17,18). The van der Waals surface area contributed by atoms with Gasteiger partial charge in [-0.05, 0) is 18.2 Å². The summed E-state index contributed by atoms with van der Waals surface area (Å²) in [6.45, 7) is 0. The van der Waals surface area contributed by atoms with Crippen molar-refractivity contribution < 1.29 is 14.3 Å². The summed E-state index contributed by atoms with van der Waals surface area (Å²) in [7, 11) is 0. The van der Waals surface area contributed by atoms with E-state index in [9.17, 15) is 9.18 Å². The second kappa shape index (κ2) is 5.14. The molecule has 7 heteroatoms. The zero-order valence-electron chi connectivity index (χ0n) is 9.18. The molecular formula is C11H9ClFN3O2. The lowest BCUT2D eigenvalue weighted by Crippen LogP contribution is -1.98. The Morgan fingerprint density at radius 3 is 2.94 bits per heavy atom. The van der Waals surface area contributed by atoms with Crippen LogP contribution in [0.4, 0.5) is 4.39 Å². The minimum absolute atomic E-state index is 0.0399. The second-order valence-electron chi connectivity index (χ2n) is 3.64. The van der Waals surface area contributed by atoms with Crippen LogP contribution in [0.1, 0.15) is 12.1 Å². The molecule has 0 unspecified atom stereocenters. The number of rotatable bonds is 4. The zero-order chi connectivity index (χ0) is 13.1. The Morgan fingerprint density at radius 1 is 1.50 bits per heavy atom. The van der Waals surface area contributed by atoms with Gasteiger partial charge in [0, 0.05) is 11.4 Å². The summed E-state index contributed by atoms with van der Waals surface area (Å²) in [5, 5.41) is 16.4. The predicted octanol–water partition coefficient (Wildman–Crippen LogP) is 2.08. The fourth-order valence-corrected chi connectivity index (χ4v) is 1.59. The summed E-state index contributed by atoms with van der Waals surface area (Å²) < 4.78 is 14.8. The maximum absolute atomic E-state index is 13.6. The van der Waals surface area contributed by atoms with E-state index in [-0.39, 0.29) is 18.5 Å². The van der Waals surface area contributed by atoms with Gasteiger partial charge in [-0.3, -0.25) is 4.79 Å². The van der Waals surface area contributed by atoms with E-state index < -0.39 is 11.8 Å². The predicted molar refractivity (Wildman–Crippen MR) is 62.3 cm³/mol. The summed E-state index contributed by atoms with van der Waals surface area (Å²) in [4.78, 5) is 10.4. The first-order valence-corrected chi connectivity index (χ1v) is 5.52. The number of aliphatic carboxylic acids is 1. The third-order valence-electron chi connectivity index (χ3n) is 2.29. The van der Waals surface area contributed by atoms with Crippen LogP contribution in [0.15, 0.2) is 24.4 Å². The van der Waals surface area contributed by atoms with Gasteiger partial charge in [-0.2, -0.15) is 0 Å². The van der Waals surface area contributed by atoms with Gasteiger partial charge in [0.1, 0.15) is 11.5 Å². The zero-order valence-corrected chi connectivity index (χ0v) is 9.93. The van der Waals surface area contributed by atoms with Gasteiger partial charge < -0.3 is 5.11 Å². The van der Waals surface area contributed by atoms with E-state index in [1.807, 2.05) is 0 Å². The van der Waals surface area contributed by atoms with Crippen molar-refractivity contribution in [1.82, 2.24) is 15.0 Å². The highest BCUT2D eigenvalue weighted by molar-refractivity contribution is 6.30. The molecule has 1 N–H and O–H groups in total. The summed E-state index contributed by atoms with van der Waals surface area (Å²) in [6, 6.07) is 4.20. The molecule has 0 aliphatic heterocycles. The van der Waals surface area contributed by atoms with Crippen molar-refractivity contribution in [2.24, 2.45) is 0 Å². The maximum atomic E-state index is 13.6. The van der Waals surface area contributed by atoms with Gasteiger partial charge in [-0.1, -0.05) is 16.8 Å². The molecule has 0 radical (unpaired) electrons. The molecular weight excluding hydrogens is 261 g/mol. The molecule has 0 atom stereocenters. The highest BCUT2D eigenvalue weighted by Crippen LogP contribution is 2.17. The number of carboxylic acid groups (broad SMARTS) is 1. The molecule has 2 aromatic rings. The number of carboxylic acids is 1. The monoisotopic (exact) mass is 269 g/mol. The van der Waals surface area contributed by atoms with Gasteiger partial charge in [-0.25, -0.2) is 9.07 Å². The third-order valence-corrected chi connectivity index (χ3v) is 2.53. The number of hydrogen-bond donors (Lipinski definition) is 1. The van der Waals surface area contributed by atoms with Crippen molar-refractivity contribution in [2.75, 3.05) is 0 Å². The van der Waals surface area contributed by atoms with Crippen LogP contribution in [-0.2, 0) is 11.2 Å².